The molecule has 1 unspecified atom stereocenters. The number of aryl methyl sites for hydroxylation is 2. The van der Waals surface area contributed by atoms with Gasteiger partial charge in [-0.15, -0.1) is 0 Å². The number of nitrogens with zero attached hydrogens (tertiary/aromatic N) is 2. The Morgan fingerprint density at radius 2 is 1.81 bits per heavy atom. The van der Waals surface area contributed by atoms with Gasteiger partial charge in [-0.25, -0.2) is 4.90 Å². The normalized spacial score (nSPS) is 23.9. The summed E-state index contributed by atoms with van der Waals surface area (Å²) in [4.78, 5) is 28.4. The van der Waals surface area contributed by atoms with Gasteiger partial charge in [0.1, 0.15) is 0 Å². The SMILES string of the molecule is Cc1ccc(N2C(=O)CC(N3CCNCC3)C2=O)cc1C. The number of hydrogen-bond donors (Lipinski definition) is 1. The zero-order valence-electron chi connectivity index (χ0n) is 12.6. The van der Waals surface area contributed by atoms with Crippen molar-refractivity contribution in [3.63, 3.8) is 0 Å². The van der Waals surface area contributed by atoms with Gasteiger partial charge < -0.3 is 5.32 Å². The Morgan fingerprint density at radius 1 is 1.10 bits per heavy atom. The van der Waals surface area contributed by atoms with Gasteiger partial charge in [0, 0.05) is 26.2 Å². The average molecular weight is 287 g/mol. The summed E-state index contributed by atoms with van der Waals surface area (Å²) in [6, 6.07) is 5.45. The number of benzene rings is 1. The van der Waals surface area contributed by atoms with Crippen molar-refractivity contribution < 1.29 is 9.59 Å². The molecule has 2 saturated heterocycles. The first kappa shape index (κ1) is 14.2. The van der Waals surface area contributed by atoms with Crippen molar-refractivity contribution in [2.75, 3.05) is 31.1 Å². The van der Waals surface area contributed by atoms with Crippen molar-refractivity contribution in [3.8, 4) is 0 Å². The Morgan fingerprint density at radius 3 is 2.48 bits per heavy atom. The summed E-state index contributed by atoms with van der Waals surface area (Å²) in [5.41, 5.74) is 2.96. The van der Waals surface area contributed by atoms with Gasteiger partial charge in [0.2, 0.25) is 5.91 Å². The molecule has 5 heteroatoms. The molecule has 2 aliphatic heterocycles. The summed E-state index contributed by atoms with van der Waals surface area (Å²) < 4.78 is 0. The second-order valence-corrected chi connectivity index (χ2v) is 5.84. The number of hydrogen-bond acceptors (Lipinski definition) is 4. The lowest BCUT2D eigenvalue weighted by Gasteiger charge is -2.31. The third-order valence-corrected chi connectivity index (χ3v) is 4.46. The largest absolute Gasteiger partial charge is 0.314 e. The van der Waals surface area contributed by atoms with E-state index in [1.54, 1.807) is 0 Å². The van der Waals surface area contributed by atoms with Gasteiger partial charge in [0.05, 0.1) is 18.2 Å². The average Bonchev–Trinajstić information content (AvgIpc) is 2.78. The van der Waals surface area contributed by atoms with E-state index in [-0.39, 0.29) is 17.9 Å². The lowest BCUT2D eigenvalue weighted by Crippen LogP contribution is -2.51. The molecule has 2 amide bonds. The summed E-state index contributed by atoms with van der Waals surface area (Å²) in [5.74, 6) is -0.170. The van der Waals surface area contributed by atoms with E-state index in [2.05, 4.69) is 10.2 Å². The first-order valence-corrected chi connectivity index (χ1v) is 7.47. The van der Waals surface area contributed by atoms with Crippen LogP contribution in [0.1, 0.15) is 17.5 Å². The van der Waals surface area contributed by atoms with Crippen LogP contribution in [0, 0.1) is 13.8 Å². The van der Waals surface area contributed by atoms with Crippen LogP contribution in [0.4, 0.5) is 5.69 Å². The minimum absolute atomic E-state index is 0.0786. The Kier molecular flexibility index (Phi) is 3.78. The molecule has 3 rings (SSSR count). The number of imide groups is 1. The van der Waals surface area contributed by atoms with Crippen LogP contribution in [0.3, 0.4) is 0 Å². The minimum atomic E-state index is -0.291. The fourth-order valence-corrected chi connectivity index (χ4v) is 3.03. The fourth-order valence-electron chi connectivity index (χ4n) is 3.03. The topological polar surface area (TPSA) is 52.7 Å². The molecule has 2 heterocycles. The van der Waals surface area contributed by atoms with E-state index in [0.29, 0.717) is 12.1 Å². The quantitative estimate of drug-likeness (QED) is 0.819. The van der Waals surface area contributed by atoms with Crippen LogP contribution in [0.15, 0.2) is 18.2 Å². The van der Waals surface area contributed by atoms with E-state index in [1.165, 1.54) is 4.90 Å². The molecule has 0 bridgehead atoms. The van der Waals surface area contributed by atoms with Gasteiger partial charge in [-0.05, 0) is 37.1 Å². The Hall–Kier alpha value is -1.72. The zero-order chi connectivity index (χ0) is 15.0. The molecule has 1 N–H and O–H groups in total. The first-order valence-electron chi connectivity index (χ1n) is 7.47. The molecule has 0 saturated carbocycles. The van der Waals surface area contributed by atoms with Crippen molar-refractivity contribution in [3.05, 3.63) is 29.3 Å². The molecule has 2 fully saturated rings. The number of amides is 2. The van der Waals surface area contributed by atoms with Crippen LogP contribution in [-0.4, -0.2) is 48.9 Å². The van der Waals surface area contributed by atoms with E-state index in [4.69, 9.17) is 0 Å². The van der Waals surface area contributed by atoms with Crippen molar-refractivity contribution in [1.29, 1.82) is 0 Å². The monoisotopic (exact) mass is 287 g/mol. The maximum absolute atomic E-state index is 12.7. The molecule has 0 aliphatic carbocycles. The van der Waals surface area contributed by atoms with Crippen molar-refractivity contribution in [2.45, 2.75) is 26.3 Å². The standard InChI is InChI=1S/C16H21N3O2/c1-11-3-4-13(9-12(11)2)19-15(20)10-14(16(19)21)18-7-5-17-6-8-18/h3-4,9,14,17H,5-8,10H2,1-2H3. The van der Waals surface area contributed by atoms with Gasteiger partial charge >= 0.3 is 0 Å². The first-order chi connectivity index (χ1) is 10.1. The van der Waals surface area contributed by atoms with Crippen LogP contribution in [0.5, 0.6) is 0 Å². The lowest BCUT2D eigenvalue weighted by atomic mass is 10.1. The predicted octanol–water partition coefficient (Wildman–Crippen LogP) is 0.841. The summed E-state index contributed by atoms with van der Waals surface area (Å²) in [7, 11) is 0. The molecule has 0 radical (unpaired) electrons. The summed E-state index contributed by atoms with van der Waals surface area (Å²) in [5, 5.41) is 3.27. The Bertz CT molecular complexity index is 579. The second-order valence-electron chi connectivity index (χ2n) is 5.84. The zero-order valence-corrected chi connectivity index (χ0v) is 12.6. The molecular weight excluding hydrogens is 266 g/mol. The van der Waals surface area contributed by atoms with E-state index < -0.39 is 0 Å². The van der Waals surface area contributed by atoms with Crippen molar-refractivity contribution in [2.24, 2.45) is 0 Å². The maximum atomic E-state index is 12.7. The molecule has 1 atom stereocenters. The highest BCUT2D eigenvalue weighted by molar-refractivity contribution is 6.22. The van der Waals surface area contributed by atoms with Crippen LogP contribution in [-0.2, 0) is 9.59 Å². The summed E-state index contributed by atoms with van der Waals surface area (Å²) in [6.07, 6.45) is 0.297. The molecule has 1 aromatic carbocycles. The maximum Gasteiger partial charge on any atom is 0.251 e. The molecule has 0 aromatic heterocycles. The number of carbonyl (C=O) groups excluding carboxylic acids is 2. The smallest absolute Gasteiger partial charge is 0.251 e. The van der Waals surface area contributed by atoms with Gasteiger partial charge in [-0.1, -0.05) is 6.07 Å². The van der Waals surface area contributed by atoms with E-state index in [1.807, 2.05) is 32.0 Å². The van der Waals surface area contributed by atoms with Crippen LogP contribution < -0.4 is 10.2 Å². The highest BCUT2D eigenvalue weighted by atomic mass is 16.2. The van der Waals surface area contributed by atoms with E-state index in [0.717, 1.165) is 37.3 Å². The fraction of sp³-hybridized carbons (Fsp3) is 0.500. The third kappa shape index (κ3) is 2.59. The van der Waals surface area contributed by atoms with Crippen LogP contribution >= 0.6 is 0 Å². The highest BCUT2D eigenvalue weighted by Gasteiger charge is 2.42. The van der Waals surface area contributed by atoms with Gasteiger partial charge in [0.25, 0.3) is 5.91 Å². The summed E-state index contributed by atoms with van der Waals surface area (Å²) in [6.45, 7) is 7.42. The highest BCUT2D eigenvalue weighted by Crippen LogP contribution is 2.27. The minimum Gasteiger partial charge on any atom is -0.314 e. The summed E-state index contributed by atoms with van der Waals surface area (Å²) >= 11 is 0. The van der Waals surface area contributed by atoms with Gasteiger partial charge in [0.15, 0.2) is 0 Å². The Labute approximate surface area is 124 Å². The van der Waals surface area contributed by atoms with Gasteiger partial charge in [-0.3, -0.25) is 14.5 Å². The number of piperazine rings is 1. The van der Waals surface area contributed by atoms with E-state index in [9.17, 15) is 9.59 Å². The molecule has 2 aliphatic rings. The lowest BCUT2D eigenvalue weighted by molar-refractivity contribution is -0.123. The number of nitrogens with one attached hydrogen (secondary N) is 1. The van der Waals surface area contributed by atoms with Gasteiger partial charge in [-0.2, -0.15) is 0 Å². The number of rotatable bonds is 2. The number of carbonyl (C=O) groups is 2. The Balaban J connectivity index is 1.84. The predicted molar refractivity (Wildman–Crippen MR) is 81.3 cm³/mol. The molecule has 21 heavy (non-hydrogen) atoms. The second kappa shape index (κ2) is 5.58. The molecule has 1 aromatic rings. The molecule has 112 valence electrons. The van der Waals surface area contributed by atoms with E-state index >= 15 is 0 Å². The molecular formula is C16H21N3O2. The van der Waals surface area contributed by atoms with Crippen LogP contribution in [0.2, 0.25) is 0 Å². The number of anilines is 1. The third-order valence-electron chi connectivity index (χ3n) is 4.46. The molecule has 0 spiro atoms. The van der Waals surface area contributed by atoms with Crippen molar-refractivity contribution in [1.82, 2.24) is 10.2 Å². The van der Waals surface area contributed by atoms with Crippen LogP contribution in [0.25, 0.3) is 0 Å². The van der Waals surface area contributed by atoms with Crippen molar-refractivity contribution >= 4 is 17.5 Å². The molecule has 5 nitrogen and oxygen atoms in total.